The Morgan fingerprint density at radius 1 is 1.14 bits per heavy atom. The van der Waals surface area contributed by atoms with Crippen LogP contribution in [0.4, 0.5) is 13.2 Å². The Kier molecular flexibility index (Phi) is 4.20. The molecule has 116 valence electrons. The van der Waals surface area contributed by atoms with Crippen LogP contribution in [0.5, 0.6) is 5.75 Å². The molecular formula is C14H10F3NO4. The lowest BCUT2D eigenvalue weighted by molar-refractivity contribution is -0.274. The zero-order chi connectivity index (χ0) is 16.3. The number of para-hydroxylation sites is 1. The Hall–Kier alpha value is -2.77. The number of aromatic amines is 1. The van der Waals surface area contributed by atoms with Gasteiger partial charge in [-0.1, -0.05) is 18.2 Å². The van der Waals surface area contributed by atoms with Crippen molar-refractivity contribution >= 4 is 5.97 Å². The van der Waals surface area contributed by atoms with E-state index in [1.54, 1.807) is 0 Å². The third-order valence-electron chi connectivity index (χ3n) is 2.73. The Balaban J connectivity index is 2.57. The van der Waals surface area contributed by atoms with Crippen LogP contribution >= 0.6 is 0 Å². The van der Waals surface area contributed by atoms with Gasteiger partial charge in [0.05, 0.1) is 6.42 Å². The number of rotatable bonds is 4. The molecular weight excluding hydrogens is 303 g/mol. The summed E-state index contributed by atoms with van der Waals surface area (Å²) >= 11 is 0. The predicted molar refractivity (Wildman–Crippen MR) is 70.5 cm³/mol. The molecule has 0 radical (unpaired) electrons. The molecule has 2 N–H and O–H groups in total. The lowest BCUT2D eigenvalue weighted by atomic mass is 10.0. The second-order valence-corrected chi connectivity index (χ2v) is 4.33. The van der Waals surface area contributed by atoms with Gasteiger partial charge in [0.2, 0.25) is 5.56 Å². The summed E-state index contributed by atoms with van der Waals surface area (Å²) in [6, 6.07) is 7.65. The monoisotopic (exact) mass is 313 g/mol. The maximum Gasteiger partial charge on any atom is 0.573 e. The summed E-state index contributed by atoms with van der Waals surface area (Å²) in [6.45, 7) is 0. The normalized spacial score (nSPS) is 11.2. The number of ether oxygens (including phenoxy) is 1. The second-order valence-electron chi connectivity index (χ2n) is 4.33. The molecule has 1 aromatic carbocycles. The van der Waals surface area contributed by atoms with Crippen LogP contribution in [0.1, 0.15) is 5.69 Å². The molecule has 0 amide bonds. The molecule has 22 heavy (non-hydrogen) atoms. The van der Waals surface area contributed by atoms with E-state index < -0.39 is 30.1 Å². The van der Waals surface area contributed by atoms with Crippen molar-refractivity contribution in [3.8, 4) is 16.9 Å². The summed E-state index contributed by atoms with van der Waals surface area (Å²) in [5.74, 6) is -1.70. The van der Waals surface area contributed by atoms with Crippen molar-refractivity contribution in [3.63, 3.8) is 0 Å². The van der Waals surface area contributed by atoms with E-state index in [1.165, 1.54) is 24.3 Å². The molecule has 0 saturated carbocycles. The first-order valence-electron chi connectivity index (χ1n) is 6.05. The van der Waals surface area contributed by atoms with Crippen molar-refractivity contribution in [3.05, 3.63) is 52.4 Å². The molecule has 0 aliphatic carbocycles. The number of hydrogen-bond donors (Lipinski definition) is 2. The van der Waals surface area contributed by atoms with E-state index >= 15 is 0 Å². The van der Waals surface area contributed by atoms with Gasteiger partial charge in [0.1, 0.15) is 5.75 Å². The first kappa shape index (κ1) is 15.6. The van der Waals surface area contributed by atoms with E-state index in [4.69, 9.17) is 5.11 Å². The van der Waals surface area contributed by atoms with Gasteiger partial charge in [-0.2, -0.15) is 0 Å². The molecule has 0 atom stereocenters. The number of pyridine rings is 1. The topological polar surface area (TPSA) is 79.4 Å². The fourth-order valence-electron chi connectivity index (χ4n) is 1.96. The van der Waals surface area contributed by atoms with Gasteiger partial charge in [-0.15, -0.1) is 13.2 Å². The molecule has 1 aromatic heterocycles. The first-order chi connectivity index (χ1) is 10.3. The van der Waals surface area contributed by atoms with Crippen molar-refractivity contribution in [2.45, 2.75) is 12.8 Å². The number of carboxylic acid groups (broad SMARTS) is 1. The Bertz CT molecular complexity index is 752. The van der Waals surface area contributed by atoms with Crippen molar-refractivity contribution in [1.29, 1.82) is 0 Å². The minimum Gasteiger partial charge on any atom is -0.481 e. The number of H-pyrrole nitrogens is 1. The zero-order valence-electron chi connectivity index (χ0n) is 11.0. The molecule has 0 aliphatic heterocycles. The minimum absolute atomic E-state index is 0.00164. The second kappa shape index (κ2) is 5.92. The Morgan fingerprint density at radius 3 is 2.45 bits per heavy atom. The standard InChI is InChI=1S/C14H10F3NO4/c15-14(16,17)22-11-4-2-1-3-9(11)8-5-6-12(19)18-10(8)7-13(20)21/h1-6H,7H2,(H,18,19)(H,20,21). The summed E-state index contributed by atoms with van der Waals surface area (Å²) in [7, 11) is 0. The van der Waals surface area contributed by atoms with Crippen LogP contribution in [-0.4, -0.2) is 22.4 Å². The number of benzene rings is 1. The molecule has 2 aromatic rings. The fourth-order valence-corrected chi connectivity index (χ4v) is 1.96. The third kappa shape index (κ3) is 3.87. The molecule has 0 unspecified atom stereocenters. The summed E-state index contributed by atoms with van der Waals surface area (Å²) in [5.41, 5.74) is -0.360. The molecule has 8 heteroatoms. The summed E-state index contributed by atoms with van der Waals surface area (Å²) in [5, 5.41) is 8.85. The number of aromatic nitrogens is 1. The fraction of sp³-hybridized carbons (Fsp3) is 0.143. The zero-order valence-corrected chi connectivity index (χ0v) is 11.0. The van der Waals surface area contributed by atoms with Crippen LogP contribution in [0.15, 0.2) is 41.2 Å². The summed E-state index contributed by atoms with van der Waals surface area (Å²) < 4.78 is 41.3. The average molecular weight is 313 g/mol. The van der Waals surface area contributed by atoms with Crippen LogP contribution in [0.2, 0.25) is 0 Å². The lowest BCUT2D eigenvalue weighted by Crippen LogP contribution is -2.18. The number of carboxylic acids is 1. The van der Waals surface area contributed by atoms with Gasteiger partial charge in [-0.25, -0.2) is 0 Å². The SMILES string of the molecule is O=C(O)Cc1[nH]c(=O)ccc1-c1ccccc1OC(F)(F)F. The van der Waals surface area contributed by atoms with E-state index in [1.807, 2.05) is 0 Å². The van der Waals surface area contributed by atoms with Gasteiger partial charge in [0.25, 0.3) is 0 Å². The Morgan fingerprint density at radius 2 is 1.82 bits per heavy atom. The van der Waals surface area contributed by atoms with Crippen LogP contribution < -0.4 is 10.3 Å². The van der Waals surface area contributed by atoms with Crippen LogP contribution in [0, 0.1) is 0 Å². The van der Waals surface area contributed by atoms with Crippen molar-refractivity contribution in [1.82, 2.24) is 4.98 Å². The molecule has 5 nitrogen and oxygen atoms in total. The third-order valence-corrected chi connectivity index (χ3v) is 2.73. The van der Waals surface area contributed by atoms with E-state index in [2.05, 4.69) is 9.72 Å². The lowest BCUT2D eigenvalue weighted by Gasteiger charge is -2.15. The number of nitrogens with one attached hydrogen (secondary N) is 1. The van der Waals surface area contributed by atoms with Gasteiger partial charge < -0.3 is 14.8 Å². The van der Waals surface area contributed by atoms with Gasteiger partial charge in [0.15, 0.2) is 0 Å². The molecule has 0 fully saturated rings. The highest BCUT2D eigenvalue weighted by Crippen LogP contribution is 2.34. The number of hydrogen-bond acceptors (Lipinski definition) is 3. The van der Waals surface area contributed by atoms with E-state index in [-0.39, 0.29) is 16.8 Å². The van der Waals surface area contributed by atoms with Crippen LogP contribution in [0.25, 0.3) is 11.1 Å². The largest absolute Gasteiger partial charge is 0.573 e. The van der Waals surface area contributed by atoms with E-state index in [9.17, 15) is 22.8 Å². The maximum atomic E-state index is 12.4. The Labute approximate surface area is 122 Å². The van der Waals surface area contributed by atoms with Crippen molar-refractivity contribution < 1.29 is 27.8 Å². The van der Waals surface area contributed by atoms with Crippen LogP contribution in [-0.2, 0) is 11.2 Å². The molecule has 0 saturated heterocycles. The highest BCUT2D eigenvalue weighted by Gasteiger charge is 2.32. The quantitative estimate of drug-likeness (QED) is 0.909. The predicted octanol–water partition coefficient (Wildman–Crippen LogP) is 2.57. The van der Waals surface area contributed by atoms with E-state index in [0.29, 0.717) is 0 Å². The molecule has 0 bridgehead atoms. The molecule has 0 spiro atoms. The smallest absolute Gasteiger partial charge is 0.481 e. The van der Waals surface area contributed by atoms with Crippen molar-refractivity contribution in [2.24, 2.45) is 0 Å². The number of halogens is 3. The molecule has 2 rings (SSSR count). The van der Waals surface area contributed by atoms with Crippen molar-refractivity contribution in [2.75, 3.05) is 0 Å². The molecule has 0 aliphatic rings. The maximum absolute atomic E-state index is 12.4. The minimum atomic E-state index is -4.88. The highest BCUT2D eigenvalue weighted by molar-refractivity contribution is 5.77. The molecule has 1 heterocycles. The number of alkyl halides is 3. The number of aliphatic carboxylic acids is 1. The van der Waals surface area contributed by atoms with Crippen LogP contribution in [0.3, 0.4) is 0 Å². The van der Waals surface area contributed by atoms with Gasteiger partial charge in [-0.3, -0.25) is 9.59 Å². The summed E-state index contributed by atoms with van der Waals surface area (Å²) in [6.07, 6.45) is -5.42. The van der Waals surface area contributed by atoms with E-state index in [0.717, 1.165) is 12.1 Å². The highest BCUT2D eigenvalue weighted by atomic mass is 19.4. The van der Waals surface area contributed by atoms with Gasteiger partial charge in [0, 0.05) is 22.9 Å². The first-order valence-corrected chi connectivity index (χ1v) is 6.05. The van der Waals surface area contributed by atoms with Gasteiger partial charge >= 0.3 is 12.3 Å². The van der Waals surface area contributed by atoms with Gasteiger partial charge in [-0.05, 0) is 12.1 Å². The number of carbonyl (C=O) groups is 1. The summed E-state index contributed by atoms with van der Waals surface area (Å²) in [4.78, 5) is 24.5. The average Bonchev–Trinajstić information content (AvgIpc) is 2.37.